The first-order valence-corrected chi connectivity index (χ1v) is 7.78. The molecule has 100 valence electrons. The highest BCUT2D eigenvalue weighted by Crippen LogP contribution is 2.43. The van der Waals surface area contributed by atoms with Crippen LogP contribution in [-0.2, 0) is 0 Å². The molecule has 3 rings (SSSR count). The van der Waals surface area contributed by atoms with E-state index in [1.165, 1.54) is 31.4 Å². The highest BCUT2D eigenvalue weighted by atomic mass is 32.2. The summed E-state index contributed by atoms with van der Waals surface area (Å²) in [5.74, 6) is -0.239. The van der Waals surface area contributed by atoms with Crippen molar-refractivity contribution in [2.75, 3.05) is 18.1 Å². The molecule has 1 heterocycles. The molecule has 19 heavy (non-hydrogen) atoms. The molecule has 1 aliphatic rings. The standard InChI is InChI=1S/C15H17FN2S/c1-19-15(6-2-7-15)10-18-13-5-8-17-14-9-11(16)3-4-12(13)14/h3-5,8-9H,2,6-7,10H2,1H3,(H,17,18). The van der Waals surface area contributed by atoms with Gasteiger partial charge in [0.15, 0.2) is 0 Å². The topological polar surface area (TPSA) is 24.9 Å². The Balaban J connectivity index is 1.84. The Bertz CT molecular complexity index is 590. The molecule has 2 aromatic rings. The molecule has 1 aromatic heterocycles. The number of fused-ring (bicyclic) bond motifs is 1. The van der Waals surface area contributed by atoms with Crippen molar-refractivity contribution in [1.82, 2.24) is 4.98 Å². The van der Waals surface area contributed by atoms with Crippen molar-refractivity contribution in [2.45, 2.75) is 24.0 Å². The fourth-order valence-corrected chi connectivity index (χ4v) is 3.47. The van der Waals surface area contributed by atoms with Crippen LogP contribution in [0.4, 0.5) is 10.1 Å². The van der Waals surface area contributed by atoms with Crippen molar-refractivity contribution in [3.63, 3.8) is 0 Å². The fourth-order valence-electron chi connectivity index (χ4n) is 2.56. The Morgan fingerprint density at radius 1 is 1.37 bits per heavy atom. The first kappa shape index (κ1) is 12.7. The molecule has 1 fully saturated rings. The Hall–Kier alpha value is -1.29. The van der Waals surface area contributed by atoms with Gasteiger partial charge in [0.2, 0.25) is 0 Å². The molecule has 1 aliphatic carbocycles. The lowest BCUT2D eigenvalue weighted by Crippen LogP contribution is -2.40. The molecule has 0 spiro atoms. The zero-order chi connectivity index (χ0) is 13.3. The van der Waals surface area contributed by atoms with Gasteiger partial charge in [-0.3, -0.25) is 4.98 Å². The van der Waals surface area contributed by atoms with Crippen molar-refractivity contribution >= 4 is 28.4 Å². The van der Waals surface area contributed by atoms with Gasteiger partial charge in [0, 0.05) is 34.6 Å². The smallest absolute Gasteiger partial charge is 0.125 e. The highest BCUT2D eigenvalue weighted by molar-refractivity contribution is 8.00. The predicted molar refractivity (Wildman–Crippen MR) is 80.3 cm³/mol. The van der Waals surface area contributed by atoms with Crippen LogP contribution < -0.4 is 5.32 Å². The van der Waals surface area contributed by atoms with Crippen LogP contribution in [0.15, 0.2) is 30.5 Å². The second kappa shape index (κ2) is 5.00. The summed E-state index contributed by atoms with van der Waals surface area (Å²) in [6.07, 6.45) is 7.79. The van der Waals surface area contributed by atoms with Gasteiger partial charge in [-0.2, -0.15) is 11.8 Å². The third-order valence-electron chi connectivity index (χ3n) is 4.00. The third-order valence-corrected chi connectivity index (χ3v) is 5.42. The molecule has 0 amide bonds. The number of rotatable bonds is 4. The quantitative estimate of drug-likeness (QED) is 0.911. The summed E-state index contributed by atoms with van der Waals surface area (Å²) in [4.78, 5) is 4.22. The number of benzene rings is 1. The average molecular weight is 276 g/mol. The molecule has 1 aromatic carbocycles. The molecule has 0 saturated heterocycles. The lowest BCUT2D eigenvalue weighted by atomic mass is 9.84. The minimum Gasteiger partial charge on any atom is -0.383 e. The Morgan fingerprint density at radius 3 is 2.89 bits per heavy atom. The molecule has 1 N–H and O–H groups in total. The van der Waals surface area contributed by atoms with E-state index in [0.717, 1.165) is 17.6 Å². The maximum atomic E-state index is 13.2. The average Bonchev–Trinajstić information content (AvgIpc) is 2.37. The highest BCUT2D eigenvalue weighted by Gasteiger charge is 2.35. The Labute approximate surface area is 116 Å². The fraction of sp³-hybridized carbons (Fsp3) is 0.400. The molecule has 0 radical (unpaired) electrons. The van der Waals surface area contributed by atoms with Crippen LogP contribution in [-0.4, -0.2) is 22.5 Å². The van der Waals surface area contributed by atoms with Gasteiger partial charge in [-0.15, -0.1) is 0 Å². The van der Waals surface area contributed by atoms with Gasteiger partial charge >= 0.3 is 0 Å². The van der Waals surface area contributed by atoms with Gasteiger partial charge in [0.25, 0.3) is 0 Å². The van der Waals surface area contributed by atoms with Crippen molar-refractivity contribution < 1.29 is 4.39 Å². The van der Waals surface area contributed by atoms with E-state index in [2.05, 4.69) is 16.6 Å². The van der Waals surface area contributed by atoms with Crippen LogP contribution >= 0.6 is 11.8 Å². The summed E-state index contributed by atoms with van der Waals surface area (Å²) < 4.78 is 13.6. The van der Waals surface area contributed by atoms with E-state index >= 15 is 0 Å². The van der Waals surface area contributed by atoms with E-state index in [1.54, 1.807) is 12.3 Å². The van der Waals surface area contributed by atoms with Gasteiger partial charge in [-0.1, -0.05) is 6.42 Å². The van der Waals surface area contributed by atoms with E-state index in [0.29, 0.717) is 10.3 Å². The Morgan fingerprint density at radius 2 is 2.21 bits per heavy atom. The number of pyridine rings is 1. The molecule has 0 unspecified atom stereocenters. The molecular formula is C15H17FN2S. The van der Waals surface area contributed by atoms with Crippen LogP contribution in [0.3, 0.4) is 0 Å². The Kier molecular flexibility index (Phi) is 3.35. The maximum absolute atomic E-state index is 13.2. The number of hydrogen-bond acceptors (Lipinski definition) is 3. The van der Waals surface area contributed by atoms with Gasteiger partial charge in [-0.25, -0.2) is 4.39 Å². The van der Waals surface area contributed by atoms with Crippen molar-refractivity contribution in [1.29, 1.82) is 0 Å². The normalized spacial score (nSPS) is 17.2. The largest absolute Gasteiger partial charge is 0.383 e. The zero-order valence-electron chi connectivity index (χ0n) is 10.9. The summed E-state index contributed by atoms with van der Waals surface area (Å²) >= 11 is 1.95. The van der Waals surface area contributed by atoms with E-state index in [1.807, 2.05) is 17.8 Å². The van der Waals surface area contributed by atoms with Gasteiger partial charge < -0.3 is 5.32 Å². The second-order valence-electron chi connectivity index (χ2n) is 5.11. The van der Waals surface area contributed by atoms with E-state index in [4.69, 9.17) is 0 Å². The van der Waals surface area contributed by atoms with Crippen molar-refractivity contribution in [2.24, 2.45) is 0 Å². The van der Waals surface area contributed by atoms with Crippen LogP contribution in [0.2, 0.25) is 0 Å². The number of hydrogen-bond donors (Lipinski definition) is 1. The van der Waals surface area contributed by atoms with Crippen molar-refractivity contribution in [3.05, 3.63) is 36.3 Å². The third kappa shape index (κ3) is 2.41. The minimum atomic E-state index is -0.239. The minimum absolute atomic E-state index is 0.239. The molecule has 0 bridgehead atoms. The number of nitrogens with zero attached hydrogens (tertiary/aromatic N) is 1. The van der Waals surface area contributed by atoms with Crippen LogP contribution in [0, 0.1) is 5.82 Å². The molecule has 4 heteroatoms. The number of halogens is 1. The lowest BCUT2D eigenvalue weighted by molar-refractivity contribution is 0.380. The summed E-state index contributed by atoms with van der Waals surface area (Å²) in [5, 5.41) is 4.50. The van der Waals surface area contributed by atoms with Gasteiger partial charge in [0.05, 0.1) is 5.52 Å². The van der Waals surface area contributed by atoms with E-state index < -0.39 is 0 Å². The molecule has 2 nitrogen and oxygen atoms in total. The lowest BCUT2D eigenvalue weighted by Gasteiger charge is -2.40. The van der Waals surface area contributed by atoms with E-state index in [-0.39, 0.29) is 5.82 Å². The number of aromatic nitrogens is 1. The number of anilines is 1. The molecule has 1 saturated carbocycles. The van der Waals surface area contributed by atoms with Crippen LogP contribution in [0.1, 0.15) is 19.3 Å². The first-order chi connectivity index (χ1) is 9.22. The second-order valence-corrected chi connectivity index (χ2v) is 6.39. The SMILES string of the molecule is CSC1(CNc2ccnc3cc(F)ccc23)CCC1. The van der Waals surface area contributed by atoms with E-state index in [9.17, 15) is 4.39 Å². The van der Waals surface area contributed by atoms with Gasteiger partial charge in [-0.05, 0) is 37.3 Å². The van der Waals surface area contributed by atoms with Gasteiger partial charge in [0.1, 0.15) is 5.82 Å². The summed E-state index contributed by atoms with van der Waals surface area (Å²) in [6.45, 7) is 0.963. The summed E-state index contributed by atoms with van der Waals surface area (Å²) in [5.41, 5.74) is 1.75. The number of nitrogens with one attached hydrogen (secondary N) is 1. The molecule has 0 atom stereocenters. The zero-order valence-corrected chi connectivity index (χ0v) is 11.8. The van der Waals surface area contributed by atoms with Crippen LogP contribution in [0.5, 0.6) is 0 Å². The summed E-state index contributed by atoms with van der Waals surface area (Å²) in [7, 11) is 0. The summed E-state index contributed by atoms with van der Waals surface area (Å²) in [6, 6.07) is 6.73. The maximum Gasteiger partial charge on any atom is 0.125 e. The molecule has 0 aliphatic heterocycles. The first-order valence-electron chi connectivity index (χ1n) is 6.56. The van der Waals surface area contributed by atoms with Crippen LogP contribution in [0.25, 0.3) is 10.9 Å². The monoisotopic (exact) mass is 276 g/mol. The number of thioether (sulfide) groups is 1. The van der Waals surface area contributed by atoms with Crippen molar-refractivity contribution in [3.8, 4) is 0 Å². The molecular weight excluding hydrogens is 259 g/mol. The predicted octanol–water partition coefficient (Wildman–Crippen LogP) is 4.07.